The fourth-order valence-electron chi connectivity index (χ4n) is 2.13. The van der Waals surface area contributed by atoms with Gasteiger partial charge in [-0.2, -0.15) is 0 Å². The van der Waals surface area contributed by atoms with Gasteiger partial charge < -0.3 is 10.1 Å². The van der Waals surface area contributed by atoms with E-state index in [1.807, 2.05) is 6.07 Å². The zero-order chi connectivity index (χ0) is 13.4. The minimum Gasteiger partial charge on any atom is -0.508 e. The Morgan fingerprint density at radius 1 is 1.21 bits per heavy atom. The van der Waals surface area contributed by atoms with Crippen molar-refractivity contribution in [2.75, 3.05) is 0 Å². The minimum absolute atomic E-state index is 0.188. The molecule has 3 rings (SSSR count). The quantitative estimate of drug-likeness (QED) is 0.755. The molecular formula is C14H11ClN2O2. The molecule has 0 bridgehead atoms. The van der Waals surface area contributed by atoms with Crippen LogP contribution in [0, 0.1) is 0 Å². The van der Waals surface area contributed by atoms with Gasteiger partial charge in [0.05, 0.1) is 17.6 Å². The summed E-state index contributed by atoms with van der Waals surface area (Å²) in [5.41, 5.74) is 2.16. The van der Waals surface area contributed by atoms with Gasteiger partial charge in [-0.25, -0.2) is 4.79 Å². The first-order valence-corrected chi connectivity index (χ1v) is 6.17. The van der Waals surface area contributed by atoms with Crippen molar-refractivity contribution >= 4 is 22.6 Å². The summed E-state index contributed by atoms with van der Waals surface area (Å²) in [6.07, 6.45) is 0. The molecule has 2 N–H and O–H groups in total. The van der Waals surface area contributed by atoms with Crippen LogP contribution in [0.5, 0.6) is 5.75 Å². The molecule has 1 aromatic heterocycles. The third kappa shape index (κ3) is 2.22. The monoisotopic (exact) mass is 274 g/mol. The maximum absolute atomic E-state index is 11.9. The molecule has 0 fully saturated rings. The van der Waals surface area contributed by atoms with Crippen molar-refractivity contribution in [2.24, 2.45) is 0 Å². The normalized spacial score (nSPS) is 11.0. The number of benzene rings is 2. The van der Waals surface area contributed by atoms with E-state index in [0.717, 1.165) is 11.1 Å². The van der Waals surface area contributed by atoms with Crippen LogP contribution in [0.2, 0.25) is 5.02 Å². The molecule has 0 aliphatic heterocycles. The maximum Gasteiger partial charge on any atom is 0.326 e. The number of rotatable bonds is 2. The van der Waals surface area contributed by atoms with Crippen molar-refractivity contribution in [1.29, 1.82) is 0 Å². The number of fused-ring (bicyclic) bond motifs is 1. The molecule has 0 radical (unpaired) electrons. The highest BCUT2D eigenvalue weighted by molar-refractivity contribution is 6.31. The molecule has 0 amide bonds. The Hall–Kier alpha value is -2.20. The van der Waals surface area contributed by atoms with Crippen molar-refractivity contribution < 1.29 is 5.11 Å². The van der Waals surface area contributed by atoms with E-state index < -0.39 is 0 Å². The predicted molar refractivity (Wildman–Crippen MR) is 74.8 cm³/mol. The second kappa shape index (κ2) is 4.48. The molecule has 0 spiro atoms. The number of hydrogen-bond donors (Lipinski definition) is 2. The Balaban J connectivity index is 2.10. The lowest BCUT2D eigenvalue weighted by atomic mass is 10.2. The molecule has 1 heterocycles. The number of aromatic nitrogens is 2. The Morgan fingerprint density at radius 3 is 2.84 bits per heavy atom. The van der Waals surface area contributed by atoms with Crippen LogP contribution in [0.25, 0.3) is 11.0 Å². The third-order valence-corrected chi connectivity index (χ3v) is 3.22. The van der Waals surface area contributed by atoms with Gasteiger partial charge in [-0.1, -0.05) is 23.7 Å². The molecule has 96 valence electrons. The molecule has 0 aliphatic carbocycles. The summed E-state index contributed by atoms with van der Waals surface area (Å²) in [6.45, 7) is 0.398. The van der Waals surface area contributed by atoms with Gasteiger partial charge in [0.2, 0.25) is 0 Å². The number of aromatic amines is 1. The highest BCUT2D eigenvalue weighted by atomic mass is 35.5. The zero-order valence-corrected chi connectivity index (χ0v) is 10.7. The van der Waals surface area contributed by atoms with E-state index in [0.29, 0.717) is 17.1 Å². The van der Waals surface area contributed by atoms with E-state index in [2.05, 4.69) is 4.98 Å². The Kier molecular flexibility index (Phi) is 2.80. The van der Waals surface area contributed by atoms with Crippen LogP contribution in [-0.2, 0) is 6.54 Å². The number of nitrogens with one attached hydrogen (secondary N) is 1. The molecule has 4 nitrogen and oxygen atoms in total. The number of phenols is 1. The molecular weight excluding hydrogens is 264 g/mol. The largest absolute Gasteiger partial charge is 0.508 e. The maximum atomic E-state index is 11.9. The lowest BCUT2D eigenvalue weighted by Gasteiger charge is -2.04. The van der Waals surface area contributed by atoms with Gasteiger partial charge in [0, 0.05) is 5.02 Å². The number of nitrogens with zero attached hydrogens (tertiary/aromatic N) is 1. The van der Waals surface area contributed by atoms with Gasteiger partial charge in [-0.15, -0.1) is 0 Å². The van der Waals surface area contributed by atoms with E-state index >= 15 is 0 Å². The first-order chi connectivity index (χ1) is 9.13. The predicted octanol–water partition coefficient (Wildman–Crippen LogP) is 2.74. The second-order valence-electron chi connectivity index (χ2n) is 4.35. The molecule has 0 saturated carbocycles. The van der Waals surface area contributed by atoms with Crippen molar-refractivity contribution in [2.45, 2.75) is 6.54 Å². The molecule has 2 aromatic carbocycles. The fraction of sp³-hybridized carbons (Fsp3) is 0.0714. The van der Waals surface area contributed by atoms with E-state index in [4.69, 9.17) is 11.6 Å². The number of phenolic OH excluding ortho intramolecular Hbond substituents is 1. The number of halogens is 1. The molecule has 0 saturated heterocycles. The van der Waals surface area contributed by atoms with Gasteiger partial charge in [0.15, 0.2) is 0 Å². The van der Waals surface area contributed by atoms with Crippen molar-refractivity contribution in [3.63, 3.8) is 0 Å². The van der Waals surface area contributed by atoms with Crippen LogP contribution >= 0.6 is 11.6 Å². The summed E-state index contributed by atoms with van der Waals surface area (Å²) >= 11 is 5.90. The summed E-state index contributed by atoms with van der Waals surface area (Å²) in [5, 5.41) is 10.0. The van der Waals surface area contributed by atoms with E-state index in [1.165, 1.54) is 0 Å². The summed E-state index contributed by atoms with van der Waals surface area (Å²) < 4.78 is 1.61. The average molecular weight is 275 g/mol. The van der Waals surface area contributed by atoms with Crippen LogP contribution < -0.4 is 5.69 Å². The Labute approximate surface area is 113 Å². The number of aromatic hydroxyl groups is 1. The molecule has 5 heteroatoms. The van der Waals surface area contributed by atoms with Crippen LogP contribution in [0.4, 0.5) is 0 Å². The Bertz CT molecular complexity index is 805. The molecule has 0 aliphatic rings. The van der Waals surface area contributed by atoms with Gasteiger partial charge in [0.1, 0.15) is 5.75 Å². The SMILES string of the molecule is O=c1[nH]c2cc(Cl)ccc2n1Cc1cccc(O)c1. The summed E-state index contributed by atoms with van der Waals surface area (Å²) in [7, 11) is 0. The van der Waals surface area contributed by atoms with Gasteiger partial charge >= 0.3 is 5.69 Å². The van der Waals surface area contributed by atoms with E-state index in [9.17, 15) is 9.90 Å². The standard InChI is InChI=1S/C14H11ClN2O2/c15-10-4-5-13-12(7-10)16-14(19)17(13)8-9-2-1-3-11(18)6-9/h1-7,18H,8H2,(H,16,19). The third-order valence-electron chi connectivity index (χ3n) is 2.99. The number of imidazole rings is 1. The van der Waals surface area contributed by atoms with Gasteiger partial charge in [-0.3, -0.25) is 4.57 Å². The number of H-pyrrole nitrogens is 1. The van der Waals surface area contributed by atoms with Crippen molar-refractivity contribution in [3.8, 4) is 5.75 Å². The van der Waals surface area contributed by atoms with E-state index in [-0.39, 0.29) is 11.4 Å². The first-order valence-electron chi connectivity index (χ1n) is 5.79. The zero-order valence-electron chi connectivity index (χ0n) is 9.93. The highest BCUT2D eigenvalue weighted by Crippen LogP contribution is 2.18. The van der Waals surface area contributed by atoms with Crippen LogP contribution in [0.3, 0.4) is 0 Å². The van der Waals surface area contributed by atoms with Gasteiger partial charge in [0.25, 0.3) is 0 Å². The number of hydrogen-bond acceptors (Lipinski definition) is 2. The molecule has 0 atom stereocenters. The smallest absolute Gasteiger partial charge is 0.326 e. The first kappa shape index (κ1) is 11.9. The molecule has 19 heavy (non-hydrogen) atoms. The fourth-order valence-corrected chi connectivity index (χ4v) is 2.30. The van der Waals surface area contributed by atoms with E-state index in [1.54, 1.807) is 41.0 Å². The van der Waals surface area contributed by atoms with Crippen LogP contribution in [0.15, 0.2) is 47.3 Å². The topological polar surface area (TPSA) is 58.0 Å². The molecule has 0 unspecified atom stereocenters. The lowest BCUT2D eigenvalue weighted by Crippen LogP contribution is -2.17. The summed E-state index contributed by atoms with van der Waals surface area (Å²) in [6, 6.07) is 12.1. The van der Waals surface area contributed by atoms with Crippen molar-refractivity contribution in [3.05, 3.63) is 63.5 Å². The lowest BCUT2D eigenvalue weighted by molar-refractivity contribution is 0.474. The minimum atomic E-state index is -0.194. The summed E-state index contributed by atoms with van der Waals surface area (Å²) in [5.74, 6) is 0.188. The van der Waals surface area contributed by atoms with Crippen LogP contribution in [0.1, 0.15) is 5.56 Å². The van der Waals surface area contributed by atoms with Gasteiger partial charge in [-0.05, 0) is 35.9 Å². The van der Waals surface area contributed by atoms with Crippen molar-refractivity contribution in [1.82, 2.24) is 9.55 Å². The van der Waals surface area contributed by atoms with Crippen LogP contribution in [-0.4, -0.2) is 14.7 Å². The second-order valence-corrected chi connectivity index (χ2v) is 4.78. The molecule has 3 aromatic rings. The highest BCUT2D eigenvalue weighted by Gasteiger charge is 2.07. The Morgan fingerprint density at radius 2 is 2.05 bits per heavy atom. The summed E-state index contributed by atoms with van der Waals surface area (Å²) in [4.78, 5) is 14.7. The average Bonchev–Trinajstić information content (AvgIpc) is 2.65.